The summed E-state index contributed by atoms with van der Waals surface area (Å²) in [6.45, 7) is 0. The van der Waals surface area contributed by atoms with E-state index in [1.165, 1.54) is 31.2 Å². The maximum atomic E-state index is 6.14. The predicted octanol–water partition coefficient (Wildman–Crippen LogP) is 4.86. The molecule has 0 radical (unpaired) electrons. The summed E-state index contributed by atoms with van der Waals surface area (Å²) in [5.74, 6) is 0. The summed E-state index contributed by atoms with van der Waals surface area (Å²) in [6.07, 6.45) is 8.26. The van der Waals surface area contributed by atoms with Gasteiger partial charge in [-0.2, -0.15) is 0 Å². The number of likely N-dealkylation sites (N-methyl/N-ethyl adjacent to an activating group) is 1. The molecule has 2 nitrogen and oxygen atoms in total. The van der Waals surface area contributed by atoms with E-state index in [4.69, 9.17) is 27.9 Å². The first-order chi connectivity index (χ1) is 10.1. The summed E-state index contributed by atoms with van der Waals surface area (Å²) in [7, 11) is 3.87. The summed E-state index contributed by atoms with van der Waals surface area (Å²) >= 11 is 12.1. The fourth-order valence-corrected chi connectivity index (χ4v) is 3.80. The number of benzene rings is 1. The molecule has 118 valence electrons. The van der Waals surface area contributed by atoms with E-state index in [1.807, 2.05) is 26.3 Å². The third kappa shape index (κ3) is 4.13. The summed E-state index contributed by atoms with van der Waals surface area (Å²) in [6, 6.07) is 6.18. The van der Waals surface area contributed by atoms with Gasteiger partial charge in [-0.1, -0.05) is 55.0 Å². The van der Waals surface area contributed by atoms with Gasteiger partial charge in [-0.25, -0.2) is 0 Å². The lowest BCUT2D eigenvalue weighted by Crippen LogP contribution is -2.52. The molecule has 0 aromatic heterocycles. The number of hydrogen-bond donors (Lipinski definition) is 1. The van der Waals surface area contributed by atoms with Gasteiger partial charge < -0.3 is 10.1 Å². The minimum atomic E-state index is -0.0721. The molecule has 1 aliphatic rings. The second-order valence-corrected chi connectivity index (χ2v) is 6.79. The number of methoxy groups -OCH3 is 1. The van der Waals surface area contributed by atoms with Crippen LogP contribution < -0.4 is 5.32 Å². The van der Waals surface area contributed by atoms with Crippen LogP contribution in [0.15, 0.2) is 18.2 Å². The summed E-state index contributed by atoms with van der Waals surface area (Å²) in [5.41, 5.74) is 1.13. The fraction of sp³-hybridized carbons (Fsp3) is 0.647. The average molecular weight is 330 g/mol. The van der Waals surface area contributed by atoms with E-state index in [2.05, 4.69) is 11.4 Å². The van der Waals surface area contributed by atoms with Crippen molar-refractivity contribution in [2.24, 2.45) is 0 Å². The highest BCUT2D eigenvalue weighted by molar-refractivity contribution is 6.42. The number of ether oxygens (including phenoxy) is 1. The summed E-state index contributed by atoms with van der Waals surface area (Å²) in [4.78, 5) is 0. The molecule has 0 spiro atoms. The van der Waals surface area contributed by atoms with Gasteiger partial charge in [0.1, 0.15) is 0 Å². The molecule has 2 rings (SSSR count). The quantitative estimate of drug-likeness (QED) is 0.778. The molecule has 1 atom stereocenters. The Bertz CT molecular complexity index is 456. The minimum absolute atomic E-state index is 0.0721. The van der Waals surface area contributed by atoms with Gasteiger partial charge in [-0.15, -0.1) is 0 Å². The minimum Gasteiger partial charge on any atom is -0.377 e. The third-order valence-electron chi connectivity index (χ3n) is 4.76. The second-order valence-electron chi connectivity index (χ2n) is 5.98. The topological polar surface area (TPSA) is 21.3 Å². The molecule has 0 aliphatic heterocycles. The molecule has 1 unspecified atom stereocenters. The maximum absolute atomic E-state index is 6.14. The molecule has 1 N–H and O–H groups in total. The third-order valence-corrected chi connectivity index (χ3v) is 5.50. The van der Waals surface area contributed by atoms with Crippen LogP contribution in [0.2, 0.25) is 10.0 Å². The molecule has 0 saturated heterocycles. The first-order valence-corrected chi connectivity index (χ1v) is 8.53. The van der Waals surface area contributed by atoms with Gasteiger partial charge in [0.05, 0.1) is 15.6 Å². The molecule has 4 heteroatoms. The first-order valence-electron chi connectivity index (χ1n) is 7.77. The zero-order valence-electron chi connectivity index (χ0n) is 12.9. The molecular weight excluding hydrogens is 305 g/mol. The van der Waals surface area contributed by atoms with E-state index in [-0.39, 0.29) is 11.6 Å². The molecule has 0 bridgehead atoms. The van der Waals surface area contributed by atoms with Crippen molar-refractivity contribution in [3.63, 3.8) is 0 Å². The van der Waals surface area contributed by atoms with Gasteiger partial charge in [0, 0.05) is 13.2 Å². The molecule has 0 amide bonds. The lowest BCUT2D eigenvalue weighted by molar-refractivity contribution is -0.0509. The highest BCUT2D eigenvalue weighted by Crippen LogP contribution is 2.34. The lowest BCUT2D eigenvalue weighted by atomic mass is 9.83. The monoisotopic (exact) mass is 329 g/mol. The Morgan fingerprint density at radius 3 is 2.33 bits per heavy atom. The van der Waals surface area contributed by atoms with Crippen molar-refractivity contribution in [2.45, 2.75) is 56.6 Å². The van der Waals surface area contributed by atoms with Crippen LogP contribution in [-0.4, -0.2) is 25.8 Å². The van der Waals surface area contributed by atoms with E-state index < -0.39 is 0 Å². The number of nitrogens with one attached hydrogen (secondary N) is 1. The van der Waals surface area contributed by atoms with Crippen LogP contribution in [0.4, 0.5) is 0 Å². The maximum Gasteiger partial charge on any atom is 0.0834 e. The van der Waals surface area contributed by atoms with Gasteiger partial charge in [0.25, 0.3) is 0 Å². The molecular formula is C17H25Cl2NO. The van der Waals surface area contributed by atoms with Crippen LogP contribution in [0, 0.1) is 0 Å². The smallest absolute Gasteiger partial charge is 0.0834 e. The van der Waals surface area contributed by atoms with Crippen LogP contribution in [0.5, 0.6) is 0 Å². The Labute approximate surface area is 138 Å². The van der Waals surface area contributed by atoms with Crippen molar-refractivity contribution >= 4 is 23.2 Å². The van der Waals surface area contributed by atoms with Crippen LogP contribution in [0.1, 0.15) is 44.1 Å². The molecule has 1 aliphatic carbocycles. The average Bonchev–Trinajstić information content (AvgIpc) is 2.74. The molecule has 1 aromatic rings. The molecule has 1 saturated carbocycles. The van der Waals surface area contributed by atoms with Gasteiger partial charge >= 0.3 is 0 Å². The first kappa shape index (κ1) is 17.1. The van der Waals surface area contributed by atoms with E-state index in [9.17, 15) is 0 Å². The van der Waals surface area contributed by atoms with Crippen LogP contribution in [0.3, 0.4) is 0 Å². The lowest BCUT2D eigenvalue weighted by Gasteiger charge is -2.39. The van der Waals surface area contributed by atoms with Gasteiger partial charge in [-0.05, 0) is 44.0 Å². The van der Waals surface area contributed by atoms with Crippen molar-refractivity contribution in [1.82, 2.24) is 5.32 Å². The van der Waals surface area contributed by atoms with Crippen molar-refractivity contribution in [2.75, 3.05) is 14.2 Å². The largest absolute Gasteiger partial charge is 0.377 e. The predicted molar refractivity (Wildman–Crippen MR) is 90.5 cm³/mol. The standard InChI is InChI=1S/C17H25Cl2NO/c1-20-16(12-13-7-8-14(18)15(19)11-13)17(21-2)9-5-3-4-6-10-17/h7-8,11,16,20H,3-6,9-10,12H2,1-2H3. The SMILES string of the molecule is CNC(Cc1ccc(Cl)c(Cl)c1)C1(OC)CCCCCC1. The molecule has 1 aromatic carbocycles. The fourth-order valence-electron chi connectivity index (χ4n) is 3.48. The van der Waals surface area contributed by atoms with E-state index in [1.54, 1.807) is 0 Å². The van der Waals surface area contributed by atoms with Gasteiger partial charge in [-0.3, -0.25) is 0 Å². The van der Waals surface area contributed by atoms with E-state index in [0.29, 0.717) is 10.0 Å². The highest BCUT2D eigenvalue weighted by Gasteiger charge is 2.38. The number of hydrogen-bond acceptors (Lipinski definition) is 2. The van der Waals surface area contributed by atoms with Crippen LogP contribution in [-0.2, 0) is 11.2 Å². The van der Waals surface area contributed by atoms with Crippen molar-refractivity contribution in [3.8, 4) is 0 Å². The normalized spacial score (nSPS) is 20.0. The Balaban J connectivity index is 2.18. The molecule has 1 fully saturated rings. The Morgan fingerprint density at radius 2 is 1.81 bits per heavy atom. The zero-order chi connectivity index (χ0) is 15.3. The van der Waals surface area contributed by atoms with Crippen molar-refractivity contribution in [3.05, 3.63) is 33.8 Å². The second kappa shape index (κ2) is 7.82. The van der Waals surface area contributed by atoms with Crippen molar-refractivity contribution in [1.29, 1.82) is 0 Å². The Kier molecular flexibility index (Phi) is 6.36. The number of rotatable bonds is 5. The summed E-state index contributed by atoms with van der Waals surface area (Å²) < 4.78 is 6.02. The van der Waals surface area contributed by atoms with E-state index >= 15 is 0 Å². The Hall–Kier alpha value is -0.280. The van der Waals surface area contributed by atoms with E-state index in [0.717, 1.165) is 19.3 Å². The molecule has 21 heavy (non-hydrogen) atoms. The van der Waals surface area contributed by atoms with Crippen LogP contribution >= 0.6 is 23.2 Å². The highest BCUT2D eigenvalue weighted by atomic mass is 35.5. The zero-order valence-corrected chi connectivity index (χ0v) is 14.4. The van der Waals surface area contributed by atoms with Gasteiger partial charge in [0.15, 0.2) is 0 Å². The summed E-state index contributed by atoms with van der Waals surface area (Å²) in [5, 5.41) is 4.70. The number of halogens is 2. The van der Waals surface area contributed by atoms with Gasteiger partial charge in [0.2, 0.25) is 0 Å². The van der Waals surface area contributed by atoms with Crippen molar-refractivity contribution < 1.29 is 4.74 Å². The molecule has 0 heterocycles. The Morgan fingerprint density at radius 1 is 1.14 bits per heavy atom. The van der Waals surface area contributed by atoms with Crippen LogP contribution in [0.25, 0.3) is 0 Å².